The van der Waals surface area contributed by atoms with Gasteiger partial charge in [-0.1, -0.05) is 168 Å². The third-order valence-corrected chi connectivity index (χ3v) is 9.90. The number of phosphoric ester groups is 1. The molecule has 0 amide bonds. The molecular formula is C39H81NO7P+. The van der Waals surface area contributed by atoms with Crippen LogP contribution in [0.5, 0.6) is 0 Å². The van der Waals surface area contributed by atoms with Crippen LogP contribution in [-0.2, 0) is 27.9 Å². The fourth-order valence-electron chi connectivity index (χ4n) is 5.73. The predicted molar refractivity (Wildman–Crippen MR) is 201 cm³/mol. The maximum atomic E-state index is 12.5. The molecule has 48 heavy (non-hydrogen) atoms. The first-order valence-corrected chi connectivity index (χ1v) is 21.8. The van der Waals surface area contributed by atoms with E-state index < -0.39 is 13.9 Å². The summed E-state index contributed by atoms with van der Waals surface area (Å²) in [5.41, 5.74) is 0. The normalized spacial score (nSPS) is 13.9. The van der Waals surface area contributed by atoms with Crippen LogP contribution in [0.2, 0.25) is 0 Å². The standard InChI is InChI=1S/C39H80NO7P/c1-6-8-10-12-14-16-17-18-19-20-21-22-23-24-25-27-29-31-34-44-36-38(37-46-48(42,43)45-35-33-40(3,4)5)47-39(41)32-30-28-26-15-13-11-9-7-2/h38H,6-37H2,1-5H3/p+1/t38-/m1/s1. The van der Waals surface area contributed by atoms with E-state index in [2.05, 4.69) is 13.8 Å². The molecule has 0 radical (unpaired) electrons. The Labute approximate surface area is 298 Å². The van der Waals surface area contributed by atoms with Gasteiger partial charge in [-0.25, -0.2) is 4.57 Å². The molecule has 0 saturated heterocycles. The van der Waals surface area contributed by atoms with Crippen molar-refractivity contribution in [3.63, 3.8) is 0 Å². The highest BCUT2D eigenvalue weighted by atomic mass is 31.2. The van der Waals surface area contributed by atoms with Gasteiger partial charge in [0.25, 0.3) is 0 Å². The van der Waals surface area contributed by atoms with E-state index in [1.807, 2.05) is 21.1 Å². The van der Waals surface area contributed by atoms with E-state index >= 15 is 0 Å². The number of phosphoric acid groups is 1. The Morgan fingerprint density at radius 3 is 1.38 bits per heavy atom. The highest BCUT2D eigenvalue weighted by Gasteiger charge is 2.26. The molecule has 288 valence electrons. The smallest absolute Gasteiger partial charge is 0.457 e. The summed E-state index contributed by atoms with van der Waals surface area (Å²) < 4.78 is 34.8. The van der Waals surface area contributed by atoms with E-state index in [1.54, 1.807) is 0 Å². The summed E-state index contributed by atoms with van der Waals surface area (Å²) in [4.78, 5) is 22.7. The lowest BCUT2D eigenvalue weighted by molar-refractivity contribution is -0.870. The Morgan fingerprint density at radius 2 is 0.958 bits per heavy atom. The van der Waals surface area contributed by atoms with E-state index in [-0.39, 0.29) is 25.8 Å². The molecule has 0 aromatic heterocycles. The molecule has 0 aliphatic rings. The molecule has 0 spiro atoms. The van der Waals surface area contributed by atoms with Crippen LogP contribution in [0.15, 0.2) is 0 Å². The Hall–Kier alpha value is -0.500. The summed E-state index contributed by atoms with van der Waals surface area (Å²) in [7, 11) is 1.68. The molecule has 0 aliphatic carbocycles. The zero-order valence-corrected chi connectivity index (χ0v) is 33.4. The van der Waals surface area contributed by atoms with Gasteiger partial charge in [-0.3, -0.25) is 13.8 Å². The Morgan fingerprint density at radius 1 is 0.562 bits per heavy atom. The molecule has 9 heteroatoms. The van der Waals surface area contributed by atoms with E-state index in [4.69, 9.17) is 18.5 Å². The van der Waals surface area contributed by atoms with Crippen LogP contribution in [0, 0.1) is 0 Å². The van der Waals surface area contributed by atoms with Crippen LogP contribution >= 0.6 is 7.82 Å². The highest BCUT2D eigenvalue weighted by molar-refractivity contribution is 7.47. The Kier molecular flexibility index (Phi) is 33.3. The molecule has 0 rings (SSSR count). The minimum absolute atomic E-state index is 0.0933. The van der Waals surface area contributed by atoms with E-state index in [9.17, 15) is 14.3 Å². The molecular weight excluding hydrogens is 625 g/mol. The summed E-state index contributed by atoms with van der Waals surface area (Å²) in [5.74, 6) is -0.315. The van der Waals surface area contributed by atoms with Gasteiger partial charge in [-0.2, -0.15) is 0 Å². The number of hydrogen-bond acceptors (Lipinski definition) is 6. The van der Waals surface area contributed by atoms with Gasteiger partial charge >= 0.3 is 13.8 Å². The van der Waals surface area contributed by atoms with Gasteiger partial charge in [0.2, 0.25) is 0 Å². The molecule has 0 fully saturated rings. The van der Waals surface area contributed by atoms with Crippen LogP contribution < -0.4 is 0 Å². The molecule has 1 unspecified atom stereocenters. The second kappa shape index (κ2) is 33.6. The Bertz CT molecular complexity index is 746. The number of likely N-dealkylation sites (N-methyl/N-ethyl adjacent to an activating group) is 1. The predicted octanol–water partition coefficient (Wildman–Crippen LogP) is 11.3. The van der Waals surface area contributed by atoms with E-state index in [0.717, 1.165) is 32.1 Å². The molecule has 0 bridgehead atoms. The Balaban J connectivity index is 4.11. The molecule has 8 nitrogen and oxygen atoms in total. The fourth-order valence-corrected chi connectivity index (χ4v) is 6.47. The number of unbranched alkanes of at least 4 members (excludes halogenated alkanes) is 24. The number of carbonyl (C=O) groups excluding carboxylic acids is 1. The lowest BCUT2D eigenvalue weighted by atomic mass is 10.0. The molecule has 0 saturated carbocycles. The average molecular weight is 707 g/mol. The number of nitrogens with zero attached hydrogens (tertiary/aromatic N) is 1. The number of rotatable bonds is 38. The quantitative estimate of drug-likeness (QED) is 0.0296. The van der Waals surface area contributed by atoms with Crippen LogP contribution in [0.25, 0.3) is 0 Å². The number of hydrogen-bond donors (Lipinski definition) is 1. The second-order valence-electron chi connectivity index (χ2n) is 15.0. The van der Waals surface area contributed by atoms with Crippen molar-refractivity contribution in [2.24, 2.45) is 0 Å². The molecule has 0 aromatic carbocycles. The van der Waals surface area contributed by atoms with Crippen molar-refractivity contribution in [3.05, 3.63) is 0 Å². The first-order valence-electron chi connectivity index (χ1n) is 20.3. The molecule has 1 N–H and O–H groups in total. The highest BCUT2D eigenvalue weighted by Crippen LogP contribution is 2.43. The lowest BCUT2D eigenvalue weighted by Crippen LogP contribution is -2.37. The lowest BCUT2D eigenvalue weighted by Gasteiger charge is -2.24. The summed E-state index contributed by atoms with van der Waals surface area (Å²) in [6.45, 7) is 5.63. The molecule has 0 aliphatic heterocycles. The summed E-state index contributed by atoms with van der Waals surface area (Å²) in [6, 6.07) is 0. The van der Waals surface area contributed by atoms with Crippen LogP contribution in [-0.4, -0.2) is 75.6 Å². The minimum atomic E-state index is -4.26. The maximum absolute atomic E-state index is 12.5. The number of ether oxygens (including phenoxy) is 2. The number of quaternary nitrogens is 1. The number of esters is 1. The van der Waals surface area contributed by atoms with Gasteiger partial charge in [0.1, 0.15) is 19.3 Å². The summed E-state index contributed by atoms with van der Waals surface area (Å²) >= 11 is 0. The monoisotopic (exact) mass is 707 g/mol. The first kappa shape index (κ1) is 47.5. The van der Waals surface area contributed by atoms with E-state index in [1.165, 1.54) is 135 Å². The van der Waals surface area contributed by atoms with Gasteiger partial charge in [-0.15, -0.1) is 0 Å². The molecule has 0 heterocycles. The SMILES string of the molecule is CCCCCCCCCCCCCCCCCCCCOC[C@H](COP(=O)(O)OCC[N+](C)(C)C)OC(=O)CCCCCCCCCC. The van der Waals surface area contributed by atoms with Crippen molar-refractivity contribution in [2.45, 2.75) is 193 Å². The third-order valence-electron chi connectivity index (χ3n) is 8.92. The van der Waals surface area contributed by atoms with Crippen molar-refractivity contribution in [1.82, 2.24) is 0 Å². The third kappa shape index (κ3) is 36.8. The van der Waals surface area contributed by atoms with Crippen molar-refractivity contribution in [1.29, 1.82) is 0 Å². The topological polar surface area (TPSA) is 91.3 Å². The van der Waals surface area contributed by atoms with Gasteiger partial charge in [0.15, 0.2) is 0 Å². The zero-order chi connectivity index (χ0) is 35.6. The summed E-state index contributed by atoms with van der Waals surface area (Å²) in [6.07, 6.45) is 32.8. The zero-order valence-electron chi connectivity index (χ0n) is 32.5. The van der Waals surface area contributed by atoms with Gasteiger partial charge < -0.3 is 18.9 Å². The van der Waals surface area contributed by atoms with Gasteiger partial charge in [0.05, 0.1) is 34.4 Å². The second-order valence-corrected chi connectivity index (χ2v) is 16.5. The average Bonchev–Trinajstić information content (AvgIpc) is 3.03. The fraction of sp³-hybridized carbons (Fsp3) is 0.974. The van der Waals surface area contributed by atoms with Gasteiger partial charge in [-0.05, 0) is 12.8 Å². The van der Waals surface area contributed by atoms with Gasteiger partial charge in [0, 0.05) is 13.0 Å². The number of carbonyl (C=O) groups is 1. The largest absolute Gasteiger partial charge is 0.472 e. The molecule has 2 atom stereocenters. The van der Waals surface area contributed by atoms with Crippen molar-refractivity contribution in [3.8, 4) is 0 Å². The van der Waals surface area contributed by atoms with E-state index in [0.29, 0.717) is 24.1 Å². The summed E-state index contributed by atoms with van der Waals surface area (Å²) in [5, 5.41) is 0. The van der Waals surface area contributed by atoms with Crippen LogP contribution in [0.4, 0.5) is 0 Å². The van der Waals surface area contributed by atoms with Crippen LogP contribution in [0.1, 0.15) is 187 Å². The maximum Gasteiger partial charge on any atom is 0.472 e. The van der Waals surface area contributed by atoms with Crippen molar-refractivity contribution >= 4 is 13.8 Å². The van der Waals surface area contributed by atoms with Crippen molar-refractivity contribution in [2.75, 3.05) is 54.1 Å². The van der Waals surface area contributed by atoms with Crippen molar-refractivity contribution < 1.29 is 37.3 Å². The molecule has 0 aromatic rings. The minimum Gasteiger partial charge on any atom is -0.457 e. The van der Waals surface area contributed by atoms with Crippen LogP contribution in [0.3, 0.4) is 0 Å². The first-order chi connectivity index (χ1) is 23.1.